The van der Waals surface area contributed by atoms with Crippen LogP contribution in [0, 0.1) is 0 Å². The second kappa shape index (κ2) is 15.9. The summed E-state index contributed by atoms with van der Waals surface area (Å²) in [5, 5.41) is 2.77. The molecule has 3 amide bonds. The third-order valence-corrected chi connectivity index (χ3v) is 6.16. The van der Waals surface area contributed by atoms with Crippen molar-refractivity contribution in [1.82, 2.24) is 19.9 Å². The number of carbonyl (C=O) groups is 3. The minimum Gasteiger partial charge on any atom is -0.368 e. The van der Waals surface area contributed by atoms with Gasteiger partial charge in [0, 0.05) is 12.1 Å². The van der Waals surface area contributed by atoms with Crippen LogP contribution in [-0.4, -0.2) is 46.8 Å². The zero-order valence-corrected chi connectivity index (χ0v) is 21.4. The topological polar surface area (TPSA) is 169 Å². The molecule has 2 rings (SSSR count). The highest BCUT2D eigenvalue weighted by Crippen LogP contribution is 2.14. The first-order valence-electron chi connectivity index (χ1n) is 11.9. The van der Waals surface area contributed by atoms with E-state index < -0.39 is 24.0 Å². The Kier molecular flexibility index (Phi) is 12.9. The first-order chi connectivity index (χ1) is 17.3. The van der Waals surface area contributed by atoms with Crippen LogP contribution in [0.4, 0.5) is 0 Å². The van der Waals surface area contributed by atoms with E-state index in [0.29, 0.717) is 32.4 Å². The van der Waals surface area contributed by atoms with E-state index in [-0.39, 0.29) is 11.8 Å². The molecule has 196 valence electrons. The summed E-state index contributed by atoms with van der Waals surface area (Å²) in [4.78, 5) is 37.5. The van der Waals surface area contributed by atoms with Crippen LogP contribution >= 0.6 is 12.1 Å². The van der Waals surface area contributed by atoms with Gasteiger partial charge in [0.2, 0.25) is 11.8 Å². The molecule has 0 saturated heterocycles. The van der Waals surface area contributed by atoms with E-state index in [1.165, 1.54) is 0 Å². The Labute approximate surface area is 217 Å². The van der Waals surface area contributed by atoms with Gasteiger partial charge in [-0.3, -0.25) is 19.8 Å². The van der Waals surface area contributed by atoms with Gasteiger partial charge in [-0.25, -0.2) is 4.72 Å². The molecule has 0 aliphatic carbocycles. The first kappa shape index (κ1) is 29.3. The second-order valence-electron chi connectivity index (χ2n) is 8.49. The maximum Gasteiger partial charge on any atom is 0.251 e. The molecule has 0 spiro atoms. The molecule has 9 N–H and O–H groups in total. The Morgan fingerprint density at radius 3 is 2.08 bits per heavy atom. The van der Waals surface area contributed by atoms with Crippen molar-refractivity contribution in [2.75, 3.05) is 6.54 Å². The number of amides is 3. The number of carbonyl (C=O) groups excluding carboxylic acids is 3. The fraction of sp³-hybridized carbons (Fsp3) is 0.400. The maximum absolute atomic E-state index is 13.3. The molecule has 0 aliphatic heterocycles. The van der Waals surface area contributed by atoms with Crippen molar-refractivity contribution < 1.29 is 14.4 Å². The summed E-state index contributed by atoms with van der Waals surface area (Å²) in [5.74, 6) is -1.33. The van der Waals surface area contributed by atoms with Crippen LogP contribution in [0.3, 0.4) is 0 Å². The predicted molar refractivity (Wildman–Crippen MR) is 142 cm³/mol. The number of benzene rings is 2. The Hall–Kier alpha value is -2.96. The van der Waals surface area contributed by atoms with Crippen molar-refractivity contribution in [1.29, 1.82) is 0 Å². The van der Waals surface area contributed by atoms with Gasteiger partial charge in [-0.05, 0) is 50.3 Å². The summed E-state index contributed by atoms with van der Waals surface area (Å²) in [6.45, 7) is 2.45. The van der Waals surface area contributed by atoms with Gasteiger partial charge < -0.3 is 22.5 Å². The monoisotopic (exact) mass is 515 g/mol. The smallest absolute Gasteiger partial charge is 0.251 e. The molecule has 10 nitrogen and oxygen atoms in total. The molecular weight excluding hydrogens is 478 g/mol. The third-order valence-electron chi connectivity index (χ3n) is 5.33. The number of primary amides is 1. The summed E-state index contributed by atoms with van der Waals surface area (Å²) < 4.78 is 4.73. The van der Waals surface area contributed by atoms with E-state index in [0.717, 1.165) is 29.7 Å². The van der Waals surface area contributed by atoms with Crippen molar-refractivity contribution >= 4 is 29.9 Å². The van der Waals surface area contributed by atoms with E-state index in [9.17, 15) is 14.4 Å². The number of nitrogens with zero attached hydrogens (tertiary/aromatic N) is 1. The van der Waals surface area contributed by atoms with Gasteiger partial charge in [0.1, 0.15) is 12.1 Å². The third kappa shape index (κ3) is 10.8. The maximum atomic E-state index is 13.3. The standard InChI is InChI=1S/C25H37N7O3S/c1-18(27)24(34)30-32(17-20-12-6-3-7-13-20)36-31-22(16-19-10-4-2-5-11-19)25(35)29-21(23(28)33)14-8-9-15-26/h2-7,10-13,18,21-22,31H,8-9,14-17,26-27H2,1H3,(H2,28,33)(H,29,35)(H,30,34)/t18-,21-,22+/m0/s1. The van der Waals surface area contributed by atoms with Gasteiger partial charge >= 0.3 is 0 Å². The van der Waals surface area contributed by atoms with Crippen LogP contribution in [0.5, 0.6) is 0 Å². The van der Waals surface area contributed by atoms with E-state index in [2.05, 4.69) is 15.5 Å². The Bertz CT molecular complexity index is 947. The van der Waals surface area contributed by atoms with E-state index in [4.69, 9.17) is 17.2 Å². The minimum absolute atomic E-state index is 0.356. The van der Waals surface area contributed by atoms with Crippen molar-refractivity contribution in [3.8, 4) is 0 Å². The van der Waals surface area contributed by atoms with Crippen molar-refractivity contribution in [2.24, 2.45) is 17.2 Å². The first-order valence-corrected chi connectivity index (χ1v) is 12.7. The van der Waals surface area contributed by atoms with Crippen LogP contribution in [-0.2, 0) is 27.3 Å². The fourth-order valence-corrected chi connectivity index (χ4v) is 4.08. The summed E-state index contributed by atoms with van der Waals surface area (Å²) in [7, 11) is 0. The summed E-state index contributed by atoms with van der Waals surface area (Å²) >= 11 is 1.08. The molecule has 0 radical (unpaired) electrons. The lowest BCUT2D eigenvalue weighted by Crippen LogP contribution is -2.52. The van der Waals surface area contributed by atoms with Gasteiger partial charge in [0.15, 0.2) is 0 Å². The number of rotatable bonds is 16. The van der Waals surface area contributed by atoms with Crippen molar-refractivity contribution in [2.45, 2.75) is 57.3 Å². The quantitative estimate of drug-likeness (QED) is 0.108. The van der Waals surface area contributed by atoms with Crippen molar-refractivity contribution in [3.63, 3.8) is 0 Å². The molecule has 0 bridgehead atoms. The number of nitrogens with one attached hydrogen (secondary N) is 3. The highest BCUT2D eigenvalue weighted by Gasteiger charge is 2.26. The normalized spacial score (nSPS) is 13.6. The zero-order valence-electron chi connectivity index (χ0n) is 20.6. The second-order valence-corrected chi connectivity index (χ2v) is 9.35. The lowest BCUT2D eigenvalue weighted by atomic mass is 10.0. The molecule has 2 aromatic carbocycles. The van der Waals surface area contributed by atoms with Gasteiger partial charge in [0.05, 0.1) is 12.6 Å². The van der Waals surface area contributed by atoms with Crippen molar-refractivity contribution in [3.05, 3.63) is 71.8 Å². The van der Waals surface area contributed by atoms with Crippen LogP contribution in [0.2, 0.25) is 0 Å². The SMILES string of the molecule is C[C@H](N)C(=O)NN(Cc1ccccc1)SN[C@H](Cc1ccccc1)C(=O)N[C@@H](CCCCN)C(N)=O. The van der Waals surface area contributed by atoms with Crippen LogP contribution in [0.1, 0.15) is 37.3 Å². The molecule has 0 unspecified atom stereocenters. The molecule has 0 fully saturated rings. The lowest BCUT2D eigenvalue weighted by molar-refractivity contribution is -0.128. The summed E-state index contributed by atoms with van der Waals surface area (Å²) in [5.41, 5.74) is 21.5. The van der Waals surface area contributed by atoms with Gasteiger partial charge in [-0.1, -0.05) is 60.7 Å². The molecule has 0 aliphatic rings. The number of hydrogen-bond donors (Lipinski definition) is 6. The van der Waals surface area contributed by atoms with E-state index in [1.807, 2.05) is 60.7 Å². The molecule has 0 saturated carbocycles. The van der Waals surface area contributed by atoms with Crippen LogP contribution in [0.25, 0.3) is 0 Å². The average Bonchev–Trinajstić information content (AvgIpc) is 2.86. The number of hydrazine groups is 1. The minimum atomic E-state index is -0.799. The molecule has 36 heavy (non-hydrogen) atoms. The largest absolute Gasteiger partial charge is 0.368 e. The number of hydrogen-bond acceptors (Lipinski definition) is 8. The van der Waals surface area contributed by atoms with E-state index in [1.54, 1.807) is 11.3 Å². The zero-order chi connectivity index (χ0) is 26.3. The van der Waals surface area contributed by atoms with Gasteiger partial charge in [-0.15, -0.1) is 4.41 Å². The highest BCUT2D eigenvalue weighted by atomic mass is 32.2. The average molecular weight is 516 g/mol. The Balaban J connectivity index is 2.16. The van der Waals surface area contributed by atoms with Gasteiger partial charge in [-0.2, -0.15) is 0 Å². The Morgan fingerprint density at radius 2 is 1.53 bits per heavy atom. The molecule has 0 heterocycles. The number of unbranched alkanes of at least 4 members (excludes halogenated alkanes) is 1. The number of nitrogens with two attached hydrogens (primary N) is 3. The summed E-state index contributed by atoms with van der Waals surface area (Å²) in [6, 6.07) is 16.8. The molecule has 3 atom stereocenters. The van der Waals surface area contributed by atoms with E-state index >= 15 is 0 Å². The molecular formula is C25H37N7O3S. The van der Waals surface area contributed by atoms with Crippen LogP contribution < -0.4 is 32.7 Å². The predicted octanol–water partition coefficient (Wildman–Crippen LogP) is 0.730. The van der Waals surface area contributed by atoms with Crippen LogP contribution in [0.15, 0.2) is 60.7 Å². The Morgan fingerprint density at radius 1 is 0.917 bits per heavy atom. The molecule has 0 aromatic heterocycles. The lowest BCUT2D eigenvalue weighted by Gasteiger charge is -2.26. The highest BCUT2D eigenvalue weighted by molar-refractivity contribution is 7.95. The summed E-state index contributed by atoms with van der Waals surface area (Å²) in [6.07, 6.45) is 2.17. The fourth-order valence-electron chi connectivity index (χ4n) is 3.28. The molecule has 2 aromatic rings. The van der Waals surface area contributed by atoms with Gasteiger partial charge in [0.25, 0.3) is 5.91 Å². The molecule has 11 heteroatoms.